The van der Waals surface area contributed by atoms with E-state index in [9.17, 15) is 4.79 Å². The van der Waals surface area contributed by atoms with E-state index in [0.717, 1.165) is 30.4 Å². The summed E-state index contributed by atoms with van der Waals surface area (Å²) in [6.45, 7) is 2.06. The van der Waals surface area contributed by atoms with Gasteiger partial charge in [-0.1, -0.05) is 6.42 Å². The average Bonchev–Trinajstić information content (AvgIpc) is 2.73. The lowest BCUT2D eigenvalue weighted by Gasteiger charge is -2.35. The van der Waals surface area contributed by atoms with Crippen LogP contribution in [-0.2, 0) is 11.3 Å². The van der Waals surface area contributed by atoms with Crippen LogP contribution in [0.2, 0.25) is 0 Å². The highest BCUT2D eigenvalue weighted by Crippen LogP contribution is 2.26. The fourth-order valence-corrected chi connectivity index (χ4v) is 4.00. The van der Waals surface area contributed by atoms with Gasteiger partial charge in [-0.3, -0.25) is 9.69 Å². The van der Waals surface area contributed by atoms with Crippen LogP contribution in [0.3, 0.4) is 0 Å². The molecule has 1 fully saturated rings. The number of halogens is 1. The van der Waals surface area contributed by atoms with Crippen molar-refractivity contribution in [1.29, 1.82) is 0 Å². The first-order valence-corrected chi connectivity index (χ1v) is 8.01. The molecule has 0 radical (unpaired) electrons. The summed E-state index contributed by atoms with van der Waals surface area (Å²) in [6, 6.07) is 2.60. The summed E-state index contributed by atoms with van der Waals surface area (Å²) in [5, 5.41) is 10.9. The van der Waals surface area contributed by atoms with Gasteiger partial charge in [0.05, 0.1) is 0 Å². The second-order valence-corrected chi connectivity index (χ2v) is 6.70. The van der Waals surface area contributed by atoms with Gasteiger partial charge in [-0.05, 0) is 47.8 Å². The molecule has 0 bridgehead atoms. The zero-order valence-corrected chi connectivity index (χ0v) is 12.7. The molecule has 1 aliphatic heterocycles. The highest BCUT2D eigenvalue weighted by atomic mass is 79.9. The van der Waals surface area contributed by atoms with Gasteiger partial charge in [0.2, 0.25) is 0 Å². The monoisotopic (exact) mass is 331 g/mol. The van der Waals surface area contributed by atoms with E-state index in [0.29, 0.717) is 6.04 Å². The molecule has 1 N–H and O–H groups in total. The van der Waals surface area contributed by atoms with Crippen molar-refractivity contribution in [1.82, 2.24) is 4.90 Å². The molecule has 1 aliphatic rings. The van der Waals surface area contributed by atoms with Crippen LogP contribution in [0.1, 0.15) is 37.0 Å². The van der Waals surface area contributed by atoms with Crippen LogP contribution in [0.5, 0.6) is 0 Å². The van der Waals surface area contributed by atoms with Crippen LogP contribution in [0.4, 0.5) is 0 Å². The molecular weight excluding hydrogens is 314 g/mol. The Balaban J connectivity index is 1.92. The number of rotatable bonds is 5. The van der Waals surface area contributed by atoms with Gasteiger partial charge in [0, 0.05) is 33.7 Å². The number of piperidine rings is 1. The molecule has 18 heavy (non-hydrogen) atoms. The van der Waals surface area contributed by atoms with Gasteiger partial charge in [-0.2, -0.15) is 0 Å². The minimum absolute atomic E-state index is 0.287. The number of likely N-dealkylation sites (tertiary alicyclic amines) is 1. The van der Waals surface area contributed by atoms with Crippen LogP contribution >= 0.6 is 27.3 Å². The van der Waals surface area contributed by atoms with Gasteiger partial charge in [-0.15, -0.1) is 11.3 Å². The molecule has 2 heterocycles. The maximum Gasteiger partial charge on any atom is 0.303 e. The SMILES string of the molecule is O=C(O)CCC1CCCCN1Cc1cc(Br)cs1. The Morgan fingerprint density at radius 1 is 1.56 bits per heavy atom. The van der Waals surface area contributed by atoms with Gasteiger partial charge in [0.15, 0.2) is 0 Å². The topological polar surface area (TPSA) is 40.5 Å². The van der Waals surface area contributed by atoms with Crippen LogP contribution in [0.25, 0.3) is 0 Å². The Morgan fingerprint density at radius 3 is 3.06 bits per heavy atom. The van der Waals surface area contributed by atoms with Crippen LogP contribution in [0, 0.1) is 0 Å². The normalized spacial score (nSPS) is 21.1. The van der Waals surface area contributed by atoms with Crippen molar-refractivity contribution in [3.05, 3.63) is 20.8 Å². The highest BCUT2D eigenvalue weighted by Gasteiger charge is 2.23. The molecule has 0 saturated carbocycles. The van der Waals surface area contributed by atoms with E-state index in [1.54, 1.807) is 11.3 Å². The number of hydrogen-bond acceptors (Lipinski definition) is 3. The number of carboxylic acid groups (broad SMARTS) is 1. The predicted molar refractivity (Wildman–Crippen MR) is 76.9 cm³/mol. The Morgan fingerprint density at radius 2 is 2.39 bits per heavy atom. The second-order valence-electron chi connectivity index (χ2n) is 4.78. The maximum atomic E-state index is 10.7. The molecule has 3 nitrogen and oxygen atoms in total. The quantitative estimate of drug-likeness (QED) is 0.893. The molecule has 1 saturated heterocycles. The van der Waals surface area contributed by atoms with Crippen molar-refractivity contribution in [2.75, 3.05) is 6.54 Å². The number of hydrogen-bond donors (Lipinski definition) is 1. The van der Waals surface area contributed by atoms with Crippen molar-refractivity contribution in [3.63, 3.8) is 0 Å². The molecule has 1 atom stereocenters. The molecule has 0 amide bonds. The van der Waals surface area contributed by atoms with Gasteiger partial charge >= 0.3 is 5.97 Å². The first-order valence-electron chi connectivity index (χ1n) is 6.34. The van der Waals surface area contributed by atoms with E-state index in [4.69, 9.17) is 5.11 Å². The fourth-order valence-electron chi connectivity index (χ4n) is 2.52. The molecule has 1 unspecified atom stereocenters. The van der Waals surface area contributed by atoms with Crippen molar-refractivity contribution in [2.45, 2.75) is 44.7 Å². The average molecular weight is 332 g/mol. The third kappa shape index (κ3) is 4.07. The zero-order valence-electron chi connectivity index (χ0n) is 10.3. The number of nitrogens with zero attached hydrogens (tertiary/aromatic N) is 1. The van der Waals surface area contributed by atoms with Gasteiger partial charge < -0.3 is 5.11 Å². The van der Waals surface area contributed by atoms with E-state index in [1.807, 2.05) is 0 Å². The van der Waals surface area contributed by atoms with Crippen LogP contribution in [-0.4, -0.2) is 28.6 Å². The predicted octanol–water partition coefficient (Wildman–Crippen LogP) is 3.73. The lowest BCUT2D eigenvalue weighted by molar-refractivity contribution is -0.137. The van der Waals surface area contributed by atoms with Crippen molar-refractivity contribution in [3.8, 4) is 0 Å². The molecular formula is C13H18BrNO2S. The minimum Gasteiger partial charge on any atom is -0.481 e. The lowest BCUT2D eigenvalue weighted by atomic mass is 9.98. The van der Waals surface area contributed by atoms with E-state index in [1.165, 1.54) is 17.7 Å². The molecule has 1 aromatic rings. The van der Waals surface area contributed by atoms with Crippen molar-refractivity contribution in [2.24, 2.45) is 0 Å². The molecule has 0 aliphatic carbocycles. The number of aliphatic carboxylic acids is 1. The largest absolute Gasteiger partial charge is 0.481 e. The van der Waals surface area contributed by atoms with Crippen molar-refractivity contribution < 1.29 is 9.90 Å². The standard InChI is InChI=1S/C13H18BrNO2S/c14-10-7-12(18-9-10)8-15-6-2-1-3-11(15)4-5-13(16)17/h7,9,11H,1-6,8H2,(H,16,17). The third-order valence-electron chi connectivity index (χ3n) is 3.42. The Bertz CT molecular complexity index is 407. The van der Waals surface area contributed by atoms with Crippen LogP contribution < -0.4 is 0 Å². The maximum absolute atomic E-state index is 10.7. The number of carboxylic acids is 1. The zero-order chi connectivity index (χ0) is 13.0. The Hall–Kier alpha value is -0.390. The first kappa shape index (κ1) is 14.0. The molecule has 0 spiro atoms. The Kier molecular flexibility index (Phi) is 5.21. The summed E-state index contributed by atoms with van der Waals surface area (Å²) >= 11 is 5.24. The fraction of sp³-hybridized carbons (Fsp3) is 0.615. The first-order chi connectivity index (χ1) is 8.65. The van der Waals surface area contributed by atoms with E-state index in [-0.39, 0.29) is 6.42 Å². The van der Waals surface area contributed by atoms with Crippen LogP contribution in [0.15, 0.2) is 15.9 Å². The number of thiophene rings is 1. The summed E-state index contributed by atoms with van der Waals surface area (Å²) in [7, 11) is 0. The van der Waals surface area contributed by atoms with Crippen molar-refractivity contribution >= 4 is 33.2 Å². The highest BCUT2D eigenvalue weighted by molar-refractivity contribution is 9.10. The van der Waals surface area contributed by atoms with E-state index >= 15 is 0 Å². The molecule has 5 heteroatoms. The second kappa shape index (κ2) is 6.68. The molecule has 1 aromatic heterocycles. The third-order valence-corrected chi connectivity index (χ3v) is 5.10. The Labute approximate surface area is 120 Å². The molecule has 100 valence electrons. The summed E-state index contributed by atoms with van der Waals surface area (Å²) in [5.74, 6) is -0.681. The lowest BCUT2D eigenvalue weighted by Crippen LogP contribution is -2.39. The molecule has 2 rings (SSSR count). The summed E-state index contributed by atoms with van der Waals surface area (Å²) in [4.78, 5) is 14.5. The van der Waals surface area contributed by atoms with E-state index in [2.05, 4.69) is 32.3 Å². The van der Waals surface area contributed by atoms with Gasteiger partial charge in [-0.25, -0.2) is 0 Å². The smallest absolute Gasteiger partial charge is 0.303 e. The summed E-state index contributed by atoms with van der Waals surface area (Å²) in [6.07, 6.45) is 4.67. The molecule has 0 aromatic carbocycles. The summed E-state index contributed by atoms with van der Waals surface area (Å²) < 4.78 is 1.14. The van der Waals surface area contributed by atoms with E-state index < -0.39 is 5.97 Å². The minimum atomic E-state index is -0.681. The summed E-state index contributed by atoms with van der Waals surface area (Å²) in [5.41, 5.74) is 0. The van der Waals surface area contributed by atoms with Gasteiger partial charge in [0.25, 0.3) is 0 Å². The number of carbonyl (C=O) groups is 1. The van der Waals surface area contributed by atoms with Gasteiger partial charge in [0.1, 0.15) is 0 Å².